The van der Waals surface area contributed by atoms with Gasteiger partial charge in [-0.1, -0.05) is 31.9 Å². The molecule has 100 valence electrons. The van der Waals surface area contributed by atoms with E-state index in [1.165, 1.54) is 31.7 Å². The van der Waals surface area contributed by atoms with Crippen LogP contribution in [0.3, 0.4) is 0 Å². The highest BCUT2D eigenvalue weighted by Crippen LogP contribution is 2.32. The fraction of sp³-hybridized carbons (Fsp3) is 0.625. The molecule has 18 heavy (non-hydrogen) atoms. The third-order valence-electron chi connectivity index (χ3n) is 4.11. The van der Waals surface area contributed by atoms with Gasteiger partial charge in [0.1, 0.15) is 5.82 Å². The van der Waals surface area contributed by atoms with Crippen LogP contribution in [0.4, 0.5) is 4.39 Å². The highest BCUT2D eigenvalue weighted by Gasteiger charge is 2.24. The Bertz CT molecular complexity index is 364. The number of hydrogen-bond acceptors (Lipinski definition) is 1. The first-order chi connectivity index (χ1) is 8.79. The zero-order chi connectivity index (χ0) is 12.8. The van der Waals surface area contributed by atoms with Gasteiger partial charge in [0.15, 0.2) is 0 Å². The third-order valence-corrected chi connectivity index (χ3v) is 4.11. The molecule has 0 radical (unpaired) electrons. The molecular formula is C16H24FN. The predicted molar refractivity (Wildman–Crippen MR) is 74.1 cm³/mol. The van der Waals surface area contributed by atoms with Gasteiger partial charge in [-0.25, -0.2) is 4.39 Å². The summed E-state index contributed by atoms with van der Waals surface area (Å²) in [6.07, 6.45) is 6.35. The fourth-order valence-corrected chi connectivity index (χ4v) is 3.12. The van der Waals surface area contributed by atoms with Crippen molar-refractivity contribution in [2.45, 2.75) is 39.0 Å². The maximum absolute atomic E-state index is 13.2. The van der Waals surface area contributed by atoms with Gasteiger partial charge in [-0.3, -0.25) is 0 Å². The smallest absolute Gasteiger partial charge is 0.123 e. The summed E-state index contributed by atoms with van der Waals surface area (Å²) in [7, 11) is 0. The normalized spacial score (nSPS) is 24.1. The molecule has 1 fully saturated rings. The van der Waals surface area contributed by atoms with Crippen LogP contribution in [0.1, 0.15) is 38.2 Å². The summed E-state index contributed by atoms with van der Waals surface area (Å²) in [6.45, 7) is 4.32. The van der Waals surface area contributed by atoms with Gasteiger partial charge in [-0.05, 0) is 61.9 Å². The summed E-state index contributed by atoms with van der Waals surface area (Å²) in [4.78, 5) is 0. The molecule has 1 aromatic rings. The second-order valence-electron chi connectivity index (χ2n) is 5.45. The lowest BCUT2D eigenvalue weighted by atomic mass is 9.76. The molecule has 0 amide bonds. The first-order valence-electron chi connectivity index (χ1n) is 7.24. The Morgan fingerprint density at radius 1 is 1.22 bits per heavy atom. The quantitative estimate of drug-likeness (QED) is 0.837. The van der Waals surface area contributed by atoms with Crippen molar-refractivity contribution in [1.82, 2.24) is 5.32 Å². The Morgan fingerprint density at radius 2 is 2.00 bits per heavy atom. The maximum Gasteiger partial charge on any atom is 0.123 e. The monoisotopic (exact) mass is 249 g/mol. The molecule has 1 N–H and O–H groups in total. The van der Waals surface area contributed by atoms with E-state index >= 15 is 0 Å². The van der Waals surface area contributed by atoms with Crippen molar-refractivity contribution in [3.8, 4) is 0 Å². The summed E-state index contributed by atoms with van der Waals surface area (Å²) >= 11 is 0. The van der Waals surface area contributed by atoms with E-state index in [1.807, 2.05) is 6.07 Å². The molecule has 0 bridgehead atoms. The number of nitrogens with one attached hydrogen (secondary N) is 1. The van der Waals surface area contributed by atoms with Crippen molar-refractivity contribution < 1.29 is 4.39 Å². The van der Waals surface area contributed by atoms with Crippen LogP contribution in [0.5, 0.6) is 0 Å². The van der Waals surface area contributed by atoms with Gasteiger partial charge in [-0.15, -0.1) is 0 Å². The maximum atomic E-state index is 13.2. The van der Waals surface area contributed by atoms with E-state index in [0.717, 1.165) is 36.9 Å². The van der Waals surface area contributed by atoms with Crippen LogP contribution in [-0.2, 0) is 6.42 Å². The van der Waals surface area contributed by atoms with E-state index in [4.69, 9.17) is 0 Å². The second kappa shape index (κ2) is 6.89. The van der Waals surface area contributed by atoms with E-state index in [-0.39, 0.29) is 5.82 Å². The van der Waals surface area contributed by atoms with Crippen molar-refractivity contribution in [2.24, 2.45) is 11.8 Å². The molecule has 1 saturated carbocycles. The lowest BCUT2D eigenvalue weighted by Crippen LogP contribution is -2.31. The van der Waals surface area contributed by atoms with Crippen molar-refractivity contribution in [3.63, 3.8) is 0 Å². The van der Waals surface area contributed by atoms with Gasteiger partial charge < -0.3 is 5.32 Å². The van der Waals surface area contributed by atoms with Crippen molar-refractivity contribution in [2.75, 3.05) is 13.1 Å². The molecule has 0 aliphatic heterocycles. The number of halogens is 1. The Morgan fingerprint density at radius 3 is 2.72 bits per heavy atom. The Hall–Kier alpha value is -0.890. The molecule has 2 unspecified atom stereocenters. The second-order valence-corrected chi connectivity index (χ2v) is 5.45. The molecule has 1 nitrogen and oxygen atoms in total. The molecular weight excluding hydrogens is 225 g/mol. The zero-order valence-electron chi connectivity index (χ0n) is 11.3. The van der Waals surface area contributed by atoms with E-state index < -0.39 is 0 Å². The molecule has 0 aromatic heterocycles. The Balaban J connectivity index is 1.96. The SMILES string of the molecule is CCNCC1CCCCC1Cc1cccc(F)c1. The molecule has 0 saturated heterocycles. The van der Waals surface area contributed by atoms with Crippen LogP contribution in [0.25, 0.3) is 0 Å². The van der Waals surface area contributed by atoms with Crippen LogP contribution >= 0.6 is 0 Å². The van der Waals surface area contributed by atoms with Crippen LogP contribution in [0.15, 0.2) is 24.3 Å². The number of hydrogen-bond donors (Lipinski definition) is 1. The number of rotatable bonds is 5. The molecule has 0 spiro atoms. The Kier molecular flexibility index (Phi) is 5.18. The highest BCUT2D eigenvalue weighted by molar-refractivity contribution is 5.17. The van der Waals surface area contributed by atoms with E-state index in [1.54, 1.807) is 6.07 Å². The van der Waals surface area contributed by atoms with Crippen molar-refractivity contribution in [1.29, 1.82) is 0 Å². The van der Waals surface area contributed by atoms with Crippen molar-refractivity contribution >= 4 is 0 Å². The average molecular weight is 249 g/mol. The highest BCUT2D eigenvalue weighted by atomic mass is 19.1. The van der Waals surface area contributed by atoms with Crippen LogP contribution in [0.2, 0.25) is 0 Å². The van der Waals surface area contributed by atoms with Crippen molar-refractivity contribution in [3.05, 3.63) is 35.6 Å². The first kappa shape index (κ1) is 13.5. The van der Waals surface area contributed by atoms with Gasteiger partial charge in [0.2, 0.25) is 0 Å². The molecule has 0 heterocycles. The van der Waals surface area contributed by atoms with E-state index in [9.17, 15) is 4.39 Å². The fourth-order valence-electron chi connectivity index (χ4n) is 3.12. The van der Waals surface area contributed by atoms with Gasteiger partial charge >= 0.3 is 0 Å². The standard InChI is InChI=1S/C16H24FN/c1-2-18-12-15-8-4-3-7-14(15)10-13-6-5-9-16(17)11-13/h5-6,9,11,14-15,18H,2-4,7-8,10,12H2,1H3. The number of benzene rings is 1. The zero-order valence-corrected chi connectivity index (χ0v) is 11.3. The first-order valence-corrected chi connectivity index (χ1v) is 7.24. The van der Waals surface area contributed by atoms with Gasteiger partial charge in [0, 0.05) is 0 Å². The van der Waals surface area contributed by atoms with Gasteiger partial charge in [0.25, 0.3) is 0 Å². The molecule has 1 aliphatic rings. The minimum Gasteiger partial charge on any atom is -0.317 e. The van der Waals surface area contributed by atoms with Gasteiger partial charge in [-0.2, -0.15) is 0 Å². The molecule has 1 aliphatic carbocycles. The third kappa shape index (κ3) is 3.81. The topological polar surface area (TPSA) is 12.0 Å². The minimum absolute atomic E-state index is 0.105. The van der Waals surface area contributed by atoms with Crippen LogP contribution in [0, 0.1) is 17.7 Å². The summed E-state index contributed by atoms with van der Waals surface area (Å²) in [6, 6.07) is 7.11. The Labute approximate surface area is 110 Å². The molecule has 1 aromatic carbocycles. The summed E-state index contributed by atoms with van der Waals surface area (Å²) in [5, 5.41) is 3.47. The van der Waals surface area contributed by atoms with E-state index in [0.29, 0.717) is 0 Å². The predicted octanol–water partition coefficient (Wildman–Crippen LogP) is 3.78. The molecule has 2 heteroatoms. The lowest BCUT2D eigenvalue weighted by molar-refractivity contribution is 0.229. The summed E-state index contributed by atoms with van der Waals surface area (Å²) in [5.41, 5.74) is 1.16. The molecule has 2 rings (SSSR count). The summed E-state index contributed by atoms with van der Waals surface area (Å²) in [5.74, 6) is 1.38. The van der Waals surface area contributed by atoms with Crippen LogP contribution < -0.4 is 5.32 Å². The minimum atomic E-state index is -0.105. The van der Waals surface area contributed by atoms with Crippen LogP contribution in [-0.4, -0.2) is 13.1 Å². The average Bonchev–Trinajstić information content (AvgIpc) is 2.38. The summed E-state index contributed by atoms with van der Waals surface area (Å²) < 4.78 is 13.2. The van der Waals surface area contributed by atoms with E-state index in [2.05, 4.69) is 18.3 Å². The van der Waals surface area contributed by atoms with Gasteiger partial charge in [0.05, 0.1) is 0 Å². The molecule has 2 atom stereocenters. The largest absolute Gasteiger partial charge is 0.317 e. The lowest BCUT2D eigenvalue weighted by Gasteiger charge is -2.32.